The molecule has 25 heavy (non-hydrogen) atoms. The molecule has 2 heterocycles. The largest absolute Gasteiger partial charge is 0.394 e. The lowest BCUT2D eigenvalue weighted by Crippen LogP contribution is -2.65. The predicted octanol–water partition coefficient (Wildman–Crippen LogP) is 1.92. The SMILES string of the molecule is C[C@@H]1COC[C@@](CO)(CNCc2ccc(-c3ccncc3)cc2)N1C. The first-order valence-corrected chi connectivity index (χ1v) is 8.76. The summed E-state index contributed by atoms with van der Waals surface area (Å²) in [5.74, 6) is 0. The van der Waals surface area contributed by atoms with Gasteiger partial charge in [-0.3, -0.25) is 9.88 Å². The Hall–Kier alpha value is -1.79. The summed E-state index contributed by atoms with van der Waals surface area (Å²) in [4.78, 5) is 6.29. The third-order valence-corrected chi connectivity index (χ3v) is 5.18. The van der Waals surface area contributed by atoms with Crippen LogP contribution in [0.5, 0.6) is 0 Å². The minimum absolute atomic E-state index is 0.0851. The van der Waals surface area contributed by atoms with Gasteiger partial charge in [-0.2, -0.15) is 0 Å². The molecule has 1 saturated heterocycles. The zero-order valence-corrected chi connectivity index (χ0v) is 15.0. The second-order valence-electron chi connectivity index (χ2n) is 6.89. The molecule has 5 heteroatoms. The fourth-order valence-electron chi connectivity index (χ4n) is 3.29. The van der Waals surface area contributed by atoms with Crippen molar-refractivity contribution in [2.24, 2.45) is 0 Å². The van der Waals surface area contributed by atoms with Gasteiger partial charge in [0.1, 0.15) is 0 Å². The highest BCUT2D eigenvalue weighted by atomic mass is 16.5. The number of morpholine rings is 1. The van der Waals surface area contributed by atoms with Gasteiger partial charge in [0.25, 0.3) is 0 Å². The van der Waals surface area contributed by atoms with Gasteiger partial charge < -0.3 is 15.2 Å². The van der Waals surface area contributed by atoms with Gasteiger partial charge >= 0.3 is 0 Å². The lowest BCUT2D eigenvalue weighted by atomic mass is 9.96. The van der Waals surface area contributed by atoms with E-state index in [-0.39, 0.29) is 12.1 Å². The molecule has 1 aliphatic heterocycles. The van der Waals surface area contributed by atoms with E-state index < -0.39 is 0 Å². The highest BCUT2D eigenvalue weighted by molar-refractivity contribution is 5.62. The van der Waals surface area contributed by atoms with Crippen molar-refractivity contribution in [2.75, 3.05) is 33.4 Å². The Morgan fingerprint density at radius 2 is 1.88 bits per heavy atom. The van der Waals surface area contributed by atoms with Crippen molar-refractivity contribution in [3.05, 3.63) is 54.4 Å². The normalized spacial score (nSPS) is 24.4. The molecule has 3 rings (SSSR count). The average Bonchev–Trinajstić information content (AvgIpc) is 2.66. The fraction of sp³-hybridized carbons (Fsp3) is 0.450. The quantitative estimate of drug-likeness (QED) is 0.841. The number of aliphatic hydroxyl groups excluding tert-OH is 1. The second kappa shape index (κ2) is 8.06. The van der Waals surface area contributed by atoms with Crippen molar-refractivity contribution in [2.45, 2.75) is 25.0 Å². The van der Waals surface area contributed by atoms with Gasteiger partial charge in [0.15, 0.2) is 0 Å². The van der Waals surface area contributed by atoms with Crippen LogP contribution < -0.4 is 5.32 Å². The summed E-state index contributed by atoms with van der Waals surface area (Å²) in [5.41, 5.74) is 3.23. The summed E-state index contributed by atoms with van der Waals surface area (Å²) >= 11 is 0. The number of ether oxygens (including phenoxy) is 1. The number of nitrogens with zero attached hydrogens (tertiary/aromatic N) is 2. The van der Waals surface area contributed by atoms with Gasteiger partial charge in [0.2, 0.25) is 0 Å². The zero-order valence-electron chi connectivity index (χ0n) is 15.0. The van der Waals surface area contributed by atoms with E-state index in [1.54, 1.807) is 0 Å². The van der Waals surface area contributed by atoms with Crippen molar-refractivity contribution < 1.29 is 9.84 Å². The first-order valence-electron chi connectivity index (χ1n) is 8.76. The number of likely N-dealkylation sites (N-methyl/N-ethyl adjacent to an activating group) is 1. The Morgan fingerprint density at radius 1 is 1.20 bits per heavy atom. The van der Waals surface area contributed by atoms with Crippen LogP contribution >= 0.6 is 0 Å². The molecule has 0 radical (unpaired) electrons. The van der Waals surface area contributed by atoms with E-state index in [0.717, 1.165) is 6.54 Å². The molecule has 1 aromatic heterocycles. The number of pyridine rings is 1. The Bertz CT molecular complexity index is 662. The lowest BCUT2D eigenvalue weighted by molar-refractivity contribution is -0.106. The molecule has 2 N–H and O–H groups in total. The zero-order chi connectivity index (χ0) is 17.7. The molecule has 1 aromatic carbocycles. The van der Waals surface area contributed by atoms with Crippen LogP contribution in [0.4, 0.5) is 0 Å². The van der Waals surface area contributed by atoms with Gasteiger partial charge in [0.05, 0.1) is 25.4 Å². The number of aromatic nitrogens is 1. The number of aliphatic hydroxyl groups is 1. The summed E-state index contributed by atoms with van der Waals surface area (Å²) in [6.45, 7) is 4.94. The van der Waals surface area contributed by atoms with Gasteiger partial charge in [-0.05, 0) is 42.8 Å². The number of hydrogen-bond donors (Lipinski definition) is 2. The first kappa shape index (κ1) is 18.0. The minimum atomic E-state index is -0.353. The smallest absolute Gasteiger partial charge is 0.0802 e. The van der Waals surface area contributed by atoms with Gasteiger partial charge in [0, 0.05) is 31.5 Å². The van der Waals surface area contributed by atoms with Gasteiger partial charge in [-0.1, -0.05) is 24.3 Å². The molecule has 0 saturated carbocycles. The number of hydrogen-bond acceptors (Lipinski definition) is 5. The monoisotopic (exact) mass is 341 g/mol. The molecule has 0 aliphatic carbocycles. The van der Waals surface area contributed by atoms with E-state index >= 15 is 0 Å². The number of nitrogens with one attached hydrogen (secondary N) is 1. The van der Waals surface area contributed by atoms with Crippen LogP contribution in [0.25, 0.3) is 11.1 Å². The molecule has 134 valence electrons. The van der Waals surface area contributed by atoms with E-state index in [4.69, 9.17) is 4.74 Å². The third kappa shape index (κ3) is 4.07. The summed E-state index contributed by atoms with van der Waals surface area (Å²) < 4.78 is 5.68. The molecule has 1 fully saturated rings. The highest BCUT2D eigenvalue weighted by Crippen LogP contribution is 2.22. The van der Waals surface area contributed by atoms with Crippen LogP contribution in [0.15, 0.2) is 48.8 Å². The second-order valence-corrected chi connectivity index (χ2v) is 6.89. The van der Waals surface area contributed by atoms with Crippen LogP contribution in [0, 0.1) is 0 Å². The van der Waals surface area contributed by atoms with Crippen molar-refractivity contribution in [3.63, 3.8) is 0 Å². The van der Waals surface area contributed by atoms with E-state index in [9.17, 15) is 5.11 Å². The van der Waals surface area contributed by atoms with Crippen LogP contribution in [-0.4, -0.2) is 60.0 Å². The van der Waals surface area contributed by atoms with Crippen molar-refractivity contribution >= 4 is 0 Å². The van der Waals surface area contributed by atoms with Gasteiger partial charge in [-0.15, -0.1) is 0 Å². The van der Waals surface area contributed by atoms with Crippen molar-refractivity contribution in [3.8, 4) is 11.1 Å². The summed E-state index contributed by atoms with van der Waals surface area (Å²) in [6, 6.07) is 12.9. The van der Waals surface area contributed by atoms with E-state index in [1.165, 1.54) is 16.7 Å². The van der Waals surface area contributed by atoms with E-state index in [0.29, 0.717) is 25.8 Å². The first-order chi connectivity index (χ1) is 12.1. The Kier molecular flexibility index (Phi) is 5.81. The number of benzene rings is 1. The Balaban J connectivity index is 1.58. The minimum Gasteiger partial charge on any atom is -0.394 e. The molecular weight excluding hydrogens is 314 g/mol. The molecule has 0 bridgehead atoms. The molecule has 5 nitrogen and oxygen atoms in total. The Morgan fingerprint density at radius 3 is 2.56 bits per heavy atom. The highest BCUT2D eigenvalue weighted by Gasteiger charge is 2.39. The molecule has 2 atom stereocenters. The predicted molar refractivity (Wildman–Crippen MR) is 99.2 cm³/mol. The Labute approximate surface area is 149 Å². The third-order valence-electron chi connectivity index (χ3n) is 5.18. The lowest BCUT2D eigenvalue weighted by Gasteiger charge is -2.47. The fourth-order valence-corrected chi connectivity index (χ4v) is 3.29. The standard InChI is InChI=1S/C20H27N3O2/c1-16-12-25-15-20(14-24,23(16)2)13-22-11-17-3-5-18(6-4-17)19-7-9-21-10-8-19/h3-10,16,22,24H,11-15H2,1-2H3/t16-,20+/m1/s1. The van der Waals surface area contributed by atoms with Gasteiger partial charge in [-0.25, -0.2) is 0 Å². The maximum atomic E-state index is 9.92. The number of rotatable bonds is 6. The van der Waals surface area contributed by atoms with Crippen LogP contribution in [0.1, 0.15) is 12.5 Å². The topological polar surface area (TPSA) is 57.6 Å². The van der Waals surface area contributed by atoms with Crippen LogP contribution in [0.2, 0.25) is 0 Å². The summed E-state index contributed by atoms with van der Waals surface area (Å²) in [7, 11) is 2.06. The molecule has 0 amide bonds. The molecule has 1 aliphatic rings. The average molecular weight is 341 g/mol. The van der Waals surface area contributed by atoms with E-state index in [2.05, 4.69) is 53.4 Å². The van der Waals surface area contributed by atoms with E-state index in [1.807, 2.05) is 24.5 Å². The maximum absolute atomic E-state index is 9.92. The molecule has 2 aromatic rings. The van der Waals surface area contributed by atoms with Crippen molar-refractivity contribution in [1.29, 1.82) is 0 Å². The molecular formula is C20H27N3O2. The molecule has 0 spiro atoms. The van der Waals surface area contributed by atoms with Crippen LogP contribution in [-0.2, 0) is 11.3 Å². The summed E-state index contributed by atoms with van der Waals surface area (Å²) in [5, 5.41) is 13.4. The maximum Gasteiger partial charge on any atom is 0.0802 e. The molecule has 0 unspecified atom stereocenters. The van der Waals surface area contributed by atoms with Crippen molar-refractivity contribution in [1.82, 2.24) is 15.2 Å². The summed E-state index contributed by atoms with van der Waals surface area (Å²) in [6.07, 6.45) is 3.62. The van der Waals surface area contributed by atoms with Crippen LogP contribution in [0.3, 0.4) is 0 Å².